The van der Waals surface area contributed by atoms with E-state index >= 15 is 0 Å². The molecule has 76 valence electrons. The maximum Gasteiger partial charge on any atom is 0.0571 e. The number of aryl methyl sites for hydroxylation is 2. The van der Waals surface area contributed by atoms with Gasteiger partial charge in [0, 0.05) is 0 Å². The van der Waals surface area contributed by atoms with E-state index in [4.69, 9.17) is 0 Å². The summed E-state index contributed by atoms with van der Waals surface area (Å²) in [5.74, 6) is 0.612. The topological polar surface area (TPSA) is 20.2 Å². The van der Waals surface area contributed by atoms with Gasteiger partial charge in [0.15, 0.2) is 0 Å². The third-order valence-corrected chi connectivity index (χ3v) is 3.02. The lowest BCUT2D eigenvalue weighted by Crippen LogP contribution is -2.09. The van der Waals surface area contributed by atoms with E-state index in [1.54, 1.807) is 0 Å². The van der Waals surface area contributed by atoms with Crippen molar-refractivity contribution in [1.82, 2.24) is 0 Å². The second kappa shape index (κ2) is 4.14. The highest BCUT2D eigenvalue weighted by Gasteiger charge is 2.28. The van der Waals surface area contributed by atoms with Gasteiger partial charge in [0.1, 0.15) is 0 Å². The van der Waals surface area contributed by atoms with Gasteiger partial charge in [-0.3, -0.25) is 0 Å². The molecule has 2 rings (SSSR count). The zero-order chi connectivity index (χ0) is 9.97. The lowest BCUT2D eigenvalue weighted by molar-refractivity contribution is 0.142. The van der Waals surface area contributed by atoms with Gasteiger partial charge in [0.25, 0.3) is 0 Å². The standard InChI is InChI=1S/C13H18O/c1-10-2-4-11(5-3-10)6-9-13(14)12-7-8-12/h2-5,12-14H,6-9H2,1H3/t13-/m0/s1. The Labute approximate surface area is 85.8 Å². The number of aliphatic hydroxyl groups excluding tert-OH is 1. The van der Waals surface area contributed by atoms with Gasteiger partial charge in [-0.05, 0) is 44.1 Å². The summed E-state index contributed by atoms with van der Waals surface area (Å²) in [6.45, 7) is 2.10. The second-order valence-electron chi connectivity index (χ2n) is 4.43. The van der Waals surface area contributed by atoms with Crippen LogP contribution in [0.3, 0.4) is 0 Å². The van der Waals surface area contributed by atoms with E-state index in [1.807, 2.05) is 0 Å². The smallest absolute Gasteiger partial charge is 0.0571 e. The van der Waals surface area contributed by atoms with Gasteiger partial charge in [0.05, 0.1) is 6.10 Å². The molecule has 14 heavy (non-hydrogen) atoms. The Hall–Kier alpha value is -0.820. The fourth-order valence-electron chi connectivity index (χ4n) is 1.79. The molecule has 0 heterocycles. The summed E-state index contributed by atoms with van der Waals surface area (Å²) in [5, 5.41) is 9.70. The fourth-order valence-corrected chi connectivity index (χ4v) is 1.79. The van der Waals surface area contributed by atoms with Gasteiger partial charge >= 0.3 is 0 Å². The van der Waals surface area contributed by atoms with Gasteiger partial charge in [-0.25, -0.2) is 0 Å². The molecule has 1 aliphatic rings. The largest absolute Gasteiger partial charge is 0.393 e. The van der Waals surface area contributed by atoms with Crippen LogP contribution in [0.1, 0.15) is 30.4 Å². The average Bonchev–Trinajstić information content (AvgIpc) is 3.00. The first-order valence-corrected chi connectivity index (χ1v) is 5.49. The molecule has 1 aromatic rings. The third-order valence-electron chi connectivity index (χ3n) is 3.02. The summed E-state index contributed by atoms with van der Waals surface area (Å²) < 4.78 is 0. The zero-order valence-corrected chi connectivity index (χ0v) is 8.74. The number of benzene rings is 1. The molecule has 1 atom stereocenters. The summed E-state index contributed by atoms with van der Waals surface area (Å²) in [7, 11) is 0. The molecule has 1 aromatic carbocycles. The quantitative estimate of drug-likeness (QED) is 0.774. The van der Waals surface area contributed by atoms with Crippen LogP contribution >= 0.6 is 0 Å². The van der Waals surface area contributed by atoms with Crippen LogP contribution in [-0.4, -0.2) is 11.2 Å². The molecule has 1 nitrogen and oxygen atoms in total. The fraction of sp³-hybridized carbons (Fsp3) is 0.538. The number of hydrogen-bond acceptors (Lipinski definition) is 1. The summed E-state index contributed by atoms with van der Waals surface area (Å²) >= 11 is 0. The van der Waals surface area contributed by atoms with Crippen LogP contribution in [0.2, 0.25) is 0 Å². The van der Waals surface area contributed by atoms with E-state index in [1.165, 1.54) is 24.0 Å². The number of rotatable bonds is 4. The molecule has 1 saturated carbocycles. The highest BCUT2D eigenvalue weighted by molar-refractivity contribution is 5.21. The minimum atomic E-state index is -0.0590. The van der Waals surface area contributed by atoms with E-state index in [2.05, 4.69) is 31.2 Å². The zero-order valence-electron chi connectivity index (χ0n) is 8.74. The molecular formula is C13H18O. The van der Waals surface area contributed by atoms with Crippen LogP contribution < -0.4 is 0 Å². The Bertz CT molecular complexity index is 285. The monoisotopic (exact) mass is 190 g/mol. The predicted molar refractivity (Wildman–Crippen MR) is 58.2 cm³/mol. The highest BCUT2D eigenvalue weighted by atomic mass is 16.3. The van der Waals surface area contributed by atoms with Crippen molar-refractivity contribution in [1.29, 1.82) is 0 Å². The molecule has 0 spiro atoms. The van der Waals surface area contributed by atoms with Gasteiger partial charge < -0.3 is 5.11 Å². The van der Waals surface area contributed by atoms with Gasteiger partial charge in [-0.2, -0.15) is 0 Å². The van der Waals surface area contributed by atoms with Crippen LogP contribution in [0.5, 0.6) is 0 Å². The van der Waals surface area contributed by atoms with Gasteiger partial charge in [-0.1, -0.05) is 29.8 Å². The molecule has 0 bridgehead atoms. The van der Waals surface area contributed by atoms with Gasteiger partial charge in [0.2, 0.25) is 0 Å². The summed E-state index contributed by atoms with van der Waals surface area (Å²) in [6.07, 6.45) is 4.34. The maximum absolute atomic E-state index is 9.70. The van der Waals surface area contributed by atoms with E-state index in [9.17, 15) is 5.11 Å². The summed E-state index contributed by atoms with van der Waals surface area (Å²) in [4.78, 5) is 0. The molecular weight excluding hydrogens is 172 g/mol. The second-order valence-corrected chi connectivity index (χ2v) is 4.43. The molecule has 0 radical (unpaired) electrons. The van der Waals surface area contributed by atoms with Crippen molar-refractivity contribution in [2.45, 2.75) is 38.7 Å². The van der Waals surface area contributed by atoms with Crippen LogP contribution in [0.15, 0.2) is 24.3 Å². The maximum atomic E-state index is 9.70. The van der Waals surface area contributed by atoms with Crippen molar-refractivity contribution in [2.24, 2.45) is 5.92 Å². The molecule has 1 heteroatoms. The normalized spacial score (nSPS) is 18.1. The van der Waals surface area contributed by atoms with E-state index in [-0.39, 0.29) is 6.10 Å². The lowest BCUT2D eigenvalue weighted by atomic mass is 10.0. The van der Waals surface area contributed by atoms with E-state index in [0.29, 0.717) is 5.92 Å². The first kappa shape index (κ1) is 9.72. The summed E-state index contributed by atoms with van der Waals surface area (Å²) in [6, 6.07) is 8.60. The van der Waals surface area contributed by atoms with Crippen molar-refractivity contribution in [3.05, 3.63) is 35.4 Å². The van der Waals surface area contributed by atoms with Gasteiger partial charge in [-0.15, -0.1) is 0 Å². The Morgan fingerprint density at radius 2 is 1.93 bits per heavy atom. The molecule has 0 unspecified atom stereocenters. The van der Waals surface area contributed by atoms with Crippen molar-refractivity contribution in [3.8, 4) is 0 Å². The minimum absolute atomic E-state index is 0.0590. The Kier molecular flexibility index (Phi) is 2.87. The minimum Gasteiger partial charge on any atom is -0.393 e. The molecule has 0 aromatic heterocycles. The van der Waals surface area contributed by atoms with Crippen molar-refractivity contribution in [3.63, 3.8) is 0 Å². The number of aliphatic hydroxyl groups is 1. The SMILES string of the molecule is Cc1ccc(CC[C@H](O)C2CC2)cc1. The first-order valence-electron chi connectivity index (χ1n) is 5.49. The Morgan fingerprint density at radius 1 is 1.29 bits per heavy atom. The first-order chi connectivity index (χ1) is 6.75. The van der Waals surface area contributed by atoms with Crippen LogP contribution in [-0.2, 0) is 6.42 Å². The van der Waals surface area contributed by atoms with Crippen LogP contribution in [0.25, 0.3) is 0 Å². The third kappa shape index (κ3) is 2.58. The Morgan fingerprint density at radius 3 is 2.50 bits per heavy atom. The van der Waals surface area contributed by atoms with Crippen LogP contribution in [0.4, 0.5) is 0 Å². The average molecular weight is 190 g/mol. The molecule has 0 aliphatic heterocycles. The molecule has 1 N–H and O–H groups in total. The molecule has 0 saturated heterocycles. The summed E-state index contributed by atoms with van der Waals surface area (Å²) in [5.41, 5.74) is 2.65. The predicted octanol–water partition coefficient (Wildman–Crippen LogP) is 2.70. The number of hydrogen-bond donors (Lipinski definition) is 1. The van der Waals surface area contributed by atoms with E-state index < -0.39 is 0 Å². The highest BCUT2D eigenvalue weighted by Crippen LogP contribution is 2.34. The Balaban J connectivity index is 1.82. The van der Waals surface area contributed by atoms with E-state index in [0.717, 1.165) is 12.8 Å². The molecule has 1 aliphatic carbocycles. The van der Waals surface area contributed by atoms with Crippen molar-refractivity contribution < 1.29 is 5.11 Å². The van der Waals surface area contributed by atoms with Crippen molar-refractivity contribution in [2.75, 3.05) is 0 Å². The van der Waals surface area contributed by atoms with Crippen molar-refractivity contribution >= 4 is 0 Å². The lowest BCUT2D eigenvalue weighted by Gasteiger charge is -2.08. The van der Waals surface area contributed by atoms with Crippen LogP contribution in [0, 0.1) is 12.8 Å². The molecule has 1 fully saturated rings. The molecule has 0 amide bonds.